The second-order valence-corrected chi connectivity index (χ2v) is 8.90. The SMILES string of the molecule is NC(=O)c1nsc(C(=O)N(c2ccc(F)cc2)C(C(=O)NCc2ccc(F)cc2)c2ccc(O)cc2)c1N. The maximum absolute atomic E-state index is 13.9. The van der Waals surface area contributed by atoms with Crippen LogP contribution in [0.15, 0.2) is 72.8 Å². The number of nitrogen functional groups attached to an aromatic ring is 1. The Morgan fingerprint density at radius 1 is 0.947 bits per heavy atom. The van der Waals surface area contributed by atoms with Crippen molar-refractivity contribution in [3.05, 3.63) is 106 Å². The highest BCUT2D eigenvalue weighted by Crippen LogP contribution is 2.33. The molecular formula is C26H21F2N5O4S. The number of benzene rings is 3. The van der Waals surface area contributed by atoms with E-state index in [9.17, 15) is 28.3 Å². The molecule has 3 amide bonds. The van der Waals surface area contributed by atoms with Crippen LogP contribution in [0.25, 0.3) is 0 Å². The number of primary amides is 1. The summed E-state index contributed by atoms with van der Waals surface area (Å²) in [4.78, 5) is 40.1. The Balaban J connectivity index is 1.80. The number of rotatable bonds is 8. The summed E-state index contributed by atoms with van der Waals surface area (Å²) in [6, 6.07) is 14.6. The third kappa shape index (κ3) is 5.60. The minimum absolute atomic E-state index is 0.00760. The highest BCUT2D eigenvalue weighted by atomic mass is 32.1. The summed E-state index contributed by atoms with van der Waals surface area (Å²) < 4.78 is 30.9. The molecule has 0 aliphatic carbocycles. The van der Waals surface area contributed by atoms with Gasteiger partial charge in [0.05, 0.1) is 5.69 Å². The lowest BCUT2D eigenvalue weighted by molar-refractivity contribution is -0.122. The second kappa shape index (κ2) is 11.0. The molecule has 0 bridgehead atoms. The number of amides is 3. The van der Waals surface area contributed by atoms with Crippen molar-refractivity contribution in [1.82, 2.24) is 9.69 Å². The van der Waals surface area contributed by atoms with E-state index in [2.05, 4.69) is 9.69 Å². The van der Waals surface area contributed by atoms with Crippen molar-refractivity contribution in [3.8, 4) is 5.75 Å². The van der Waals surface area contributed by atoms with Crippen LogP contribution in [0, 0.1) is 11.6 Å². The number of carbonyl (C=O) groups is 3. The summed E-state index contributed by atoms with van der Waals surface area (Å²) in [5.74, 6) is -3.45. The molecule has 12 heteroatoms. The number of nitrogens with one attached hydrogen (secondary N) is 1. The summed E-state index contributed by atoms with van der Waals surface area (Å²) in [7, 11) is 0. The van der Waals surface area contributed by atoms with E-state index in [0.29, 0.717) is 22.7 Å². The molecule has 0 aliphatic heterocycles. The van der Waals surface area contributed by atoms with Crippen LogP contribution < -0.4 is 21.7 Å². The van der Waals surface area contributed by atoms with E-state index in [0.717, 1.165) is 17.0 Å². The molecule has 1 heterocycles. The maximum atomic E-state index is 13.9. The fourth-order valence-electron chi connectivity index (χ4n) is 3.69. The van der Waals surface area contributed by atoms with Crippen LogP contribution in [0.1, 0.15) is 37.3 Å². The van der Waals surface area contributed by atoms with Crippen molar-refractivity contribution >= 4 is 40.6 Å². The summed E-state index contributed by atoms with van der Waals surface area (Å²) >= 11 is 0.629. The van der Waals surface area contributed by atoms with Crippen molar-refractivity contribution in [1.29, 1.82) is 0 Å². The van der Waals surface area contributed by atoms with Gasteiger partial charge in [-0.3, -0.25) is 19.3 Å². The summed E-state index contributed by atoms with van der Waals surface area (Å²) in [5.41, 5.74) is 11.8. The largest absolute Gasteiger partial charge is 0.508 e. The van der Waals surface area contributed by atoms with Gasteiger partial charge >= 0.3 is 0 Å². The Morgan fingerprint density at radius 2 is 1.53 bits per heavy atom. The Labute approximate surface area is 219 Å². The van der Waals surface area contributed by atoms with Gasteiger partial charge in [-0.05, 0) is 71.2 Å². The van der Waals surface area contributed by atoms with Crippen molar-refractivity contribution in [2.75, 3.05) is 10.6 Å². The molecule has 3 aromatic carbocycles. The topological polar surface area (TPSA) is 152 Å². The smallest absolute Gasteiger partial charge is 0.273 e. The lowest BCUT2D eigenvalue weighted by Crippen LogP contribution is -2.44. The number of hydrogen-bond acceptors (Lipinski definition) is 7. The van der Waals surface area contributed by atoms with Gasteiger partial charge < -0.3 is 21.9 Å². The molecule has 0 saturated carbocycles. The number of halogens is 2. The fourth-order valence-corrected chi connectivity index (χ4v) is 4.43. The van der Waals surface area contributed by atoms with E-state index in [1.807, 2.05) is 0 Å². The molecule has 1 atom stereocenters. The highest BCUT2D eigenvalue weighted by molar-refractivity contribution is 7.09. The van der Waals surface area contributed by atoms with Gasteiger partial charge in [0.25, 0.3) is 11.8 Å². The standard InChI is InChI=1S/C26H21F2N5O4S/c27-16-5-1-14(2-6-16)13-31-25(36)22(15-3-11-19(34)12-4-15)33(18-9-7-17(28)8-10-18)26(37)23-20(29)21(24(30)35)32-38-23/h1-12,22,34H,13,29H2,(H2,30,35)(H,31,36). The zero-order valence-corrected chi connectivity index (χ0v) is 20.4. The van der Waals surface area contributed by atoms with Crippen LogP contribution in [0.2, 0.25) is 0 Å². The lowest BCUT2D eigenvalue weighted by Gasteiger charge is -2.31. The predicted molar refractivity (Wildman–Crippen MR) is 137 cm³/mol. The van der Waals surface area contributed by atoms with Gasteiger partial charge in [-0.1, -0.05) is 24.3 Å². The number of aromatic nitrogens is 1. The average molecular weight is 538 g/mol. The van der Waals surface area contributed by atoms with E-state index in [1.54, 1.807) is 0 Å². The van der Waals surface area contributed by atoms with Crippen LogP contribution in [0.5, 0.6) is 5.75 Å². The third-order valence-electron chi connectivity index (χ3n) is 5.57. The average Bonchev–Trinajstić information content (AvgIpc) is 3.29. The highest BCUT2D eigenvalue weighted by Gasteiger charge is 2.36. The Bertz CT molecular complexity index is 1480. The molecule has 194 valence electrons. The molecule has 0 fully saturated rings. The van der Waals surface area contributed by atoms with E-state index < -0.39 is 35.4 Å². The molecule has 6 N–H and O–H groups in total. The Morgan fingerprint density at radius 3 is 2.08 bits per heavy atom. The third-order valence-corrected chi connectivity index (χ3v) is 6.43. The van der Waals surface area contributed by atoms with E-state index >= 15 is 0 Å². The molecule has 0 saturated heterocycles. The van der Waals surface area contributed by atoms with E-state index in [-0.39, 0.29) is 34.2 Å². The summed E-state index contributed by atoms with van der Waals surface area (Å²) in [6.07, 6.45) is 0. The zero-order valence-electron chi connectivity index (χ0n) is 19.6. The number of phenolic OH excluding ortho intramolecular Hbond substituents is 1. The zero-order chi connectivity index (χ0) is 27.4. The molecule has 9 nitrogen and oxygen atoms in total. The normalized spacial score (nSPS) is 11.5. The monoisotopic (exact) mass is 537 g/mol. The minimum Gasteiger partial charge on any atom is -0.508 e. The van der Waals surface area contributed by atoms with Crippen molar-refractivity contribution < 1.29 is 28.3 Å². The molecule has 4 aromatic rings. The molecule has 0 spiro atoms. The van der Waals surface area contributed by atoms with Crippen LogP contribution >= 0.6 is 11.5 Å². The maximum Gasteiger partial charge on any atom is 0.273 e. The molecule has 0 radical (unpaired) electrons. The van der Waals surface area contributed by atoms with Gasteiger partial charge in [0.1, 0.15) is 28.3 Å². The first-order valence-corrected chi connectivity index (χ1v) is 11.9. The van der Waals surface area contributed by atoms with Gasteiger partial charge in [-0.2, -0.15) is 4.37 Å². The van der Waals surface area contributed by atoms with Crippen LogP contribution in [0.3, 0.4) is 0 Å². The predicted octanol–water partition coefficient (Wildman–Crippen LogP) is 3.51. The molecule has 0 aliphatic rings. The molecular weight excluding hydrogens is 516 g/mol. The number of phenols is 1. The lowest BCUT2D eigenvalue weighted by atomic mass is 10.0. The summed E-state index contributed by atoms with van der Waals surface area (Å²) in [6.45, 7) is 0.00760. The van der Waals surface area contributed by atoms with Gasteiger partial charge in [0, 0.05) is 12.2 Å². The molecule has 1 aromatic heterocycles. The number of hydrogen-bond donors (Lipinski definition) is 4. The van der Waals surface area contributed by atoms with Gasteiger partial charge in [-0.15, -0.1) is 0 Å². The van der Waals surface area contributed by atoms with Gasteiger partial charge in [0.2, 0.25) is 5.91 Å². The second-order valence-electron chi connectivity index (χ2n) is 8.13. The van der Waals surface area contributed by atoms with Crippen molar-refractivity contribution in [2.24, 2.45) is 5.73 Å². The van der Waals surface area contributed by atoms with E-state index in [1.165, 1.54) is 60.7 Å². The van der Waals surface area contributed by atoms with Crippen molar-refractivity contribution in [3.63, 3.8) is 0 Å². The molecule has 4 rings (SSSR count). The fraction of sp³-hybridized carbons (Fsp3) is 0.0769. The van der Waals surface area contributed by atoms with Crippen molar-refractivity contribution in [2.45, 2.75) is 12.6 Å². The number of carbonyl (C=O) groups excluding carboxylic acids is 3. The first-order chi connectivity index (χ1) is 18.2. The van der Waals surface area contributed by atoms with Crippen LogP contribution in [0.4, 0.5) is 20.2 Å². The quantitative estimate of drug-likeness (QED) is 0.270. The Hall–Kier alpha value is -4.84. The Kier molecular flexibility index (Phi) is 7.63. The first-order valence-electron chi connectivity index (χ1n) is 11.1. The van der Waals surface area contributed by atoms with Crippen LogP contribution in [-0.4, -0.2) is 27.2 Å². The molecule has 38 heavy (non-hydrogen) atoms. The number of nitrogens with zero attached hydrogens (tertiary/aromatic N) is 2. The summed E-state index contributed by atoms with van der Waals surface area (Å²) in [5, 5.41) is 12.5. The number of nitrogens with two attached hydrogens (primary N) is 2. The molecule has 1 unspecified atom stereocenters. The minimum atomic E-state index is -1.34. The van der Waals surface area contributed by atoms with Gasteiger partial charge in [-0.25, -0.2) is 8.78 Å². The number of aromatic hydroxyl groups is 1. The van der Waals surface area contributed by atoms with E-state index in [4.69, 9.17) is 11.5 Å². The number of anilines is 2. The first kappa shape index (κ1) is 26.2. The van der Waals surface area contributed by atoms with Gasteiger partial charge in [0.15, 0.2) is 5.69 Å². The van der Waals surface area contributed by atoms with Crippen LogP contribution in [-0.2, 0) is 11.3 Å².